The molecule has 0 aromatic carbocycles. The van der Waals surface area contributed by atoms with Crippen molar-refractivity contribution in [3.8, 4) is 0 Å². The zero-order valence-electron chi connectivity index (χ0n) is 15.3. The van der Waals surface area contributed by atoms with Crippen molar-refractivity contribution in [3.63, 3.8) is 0 Å². The molecule has 7 heteroatoms. The number of guanidine groups is 1. The Morgan fingerprint density at radius 2 is 2.16 bits per heavy atom. The van der Waals surface area contributed by atoms with E-state index in [-0.39, 0.29) is 0 Å². The Bertz CT molecular complexity index is 618. The molecule has 6 nitrogen and oxygen atoms in total. The van der Waals surface area contributed by atoms with Gasteiger partial charge in [-0.3, -0.25) is 0 Å². The largest absolute Gasteiger partial charge is 0.469 e. The van der Waals surface area contributed by atoms with Crippen LogP contribution in [0.15, 0.2) is 27.8 Å². The van der Waals surface area contributed by atoms with Crippen molar-refractivity contribution in [2.45, 2.75) is 40.2 Å². The zero-order valence-corrected chi connectivity index (χ0v) is 16.1. The first-order valence-corrected chi connectivity index (χ1v) is 9.56. The van der Waals surface area contributed by atoms with Crippen LogP contribution >= 0.6 is 11.3 Å². The van der Waals surface area contributed by atoms with Crippen LogP contribution in [0, 0.1) is 13.8 Å². The predicted octanol–water partition coefficient (Wildman–Crippen LogP) is 3.06. The summed E-state index contributed by atoms with van der Waals surface area (Å²) in [6.07, 6.45) is 3.47. The average molecular weight is 365 g/mol. The van der Waals surface area contributed by atoms with E-state index >= 15 is 0 Å². The molecule has 0 spiro atoms. The maximum absolute atomic E-state index is 5.37. The molecule has 0 radical (unpaired) electrons. The second kappa shape index (κ2) is 10.9. The SMILES string of the molecule is CCOCCCNC(=NCc1nc(C)c(C)s1)NCCc1ccco1. The molecule has 2 N–H and O–H groups in total. The molecule has 0 aliphatic heterocycles. The van der Waals surface area contributed by atoms with Crippen molar-refractivity contribution >= 4 is 17.3 Å². The van der Waals surface area contributed by atoms with Gasteiger partial charge in [0.15, 0.2) is 5.96 Å². The lowest BCUT2D eigenvalue weighted by Crippen LogP contribution is -2.39. The highest BCUT2D eigenvalue weighted by Gasteiger charge is 2.04. The Balaban J connectivity index is 1.84. The highest BCUT2D eigenvalue weighted by molar-refractivity contribution is 7.11. The lowest BCUT2D eigenvalue weighted by molar-refractivity contribution is 0.145. The van der Waals surface area contributed by atoms with Gasteiger partial charge in [0.25, 0.3) is 0 Å². The lowest BCUT2D eigenvalue weighted by Gasteiger charge is -2.12. The third-order valence-corrected chi connectivity index (χ3v) is 4.71. The van der Waals surface area contributed by atoms with Gasteiger partial charge in [-0.25, -0.2) is 9.98 Å². The Labute approximate surface area is 153 Å². The molecule has 138 valence electrons. The molecule has 0 atom stereocenters. The van der Waals surface area contributed by atoms with Crippen molar-refractivity contribution in [1.29, 1.82) is 0 Å². The lowest BCUT2D eigenvalue weighted by atomic mass is 10.3. The average Bonchev–Trinajstić information content (AvgIpc) is 3.22. The molecule has 0 saturated heterocycles. The first-order valence-electron chi connectivity index (χ1n) is 8.74. The van der Waals surface area contributed by atoms with Gasteiger partial charge in [-0.05, 0) is 39.3 Å². The van der Waals surface area contributed by atoms with Gasteiger partial charge in [-0.2, -0.15) is 0 Å². The van der Waals surface area contributed by atoms with Crippen LogP contribution in [-0.2, 0) is 17.7 Å². The summed E-state index contributed by atoms with van der Waals surface area (Å²) in [5.41, 5.74) is 1.09. The summed E-state index contributed by atoms with van der Waals surface area (Å²) in [6.45, 7) is 9.82. The van der Waals surface area contributed by atoms with E-state index < -0.39 is 0 Å². The Hall–Kier alpha value is -1.86. The molecular formula is C18H28N4O2S. The van der Waals surface area contributed by atoms with E-state index in [9.17, 15) is 0 Å². The number of rotatable bonds is 10. The molecule has 2 aromatic heterocycles. The quantitative estimate of drug-likeness (QED) is 0.385. The van der Waals surface area contributed by atoms with Crippen LogP contribution in [0.5, 0.6) is 0 Å². The maximum Gasteiger partial charge on any atom is 0.191 e. The van der Waals surface area contributed by atoms with Gasteiger partial charge in [0.05, 0.1) is 18.5 Å². The van der Waals surface area contributed by atoms with Crippen LogP contribution in [0.4, 0.5) is 0 Å². The van der Waals surface area contributed by atoms with E-state index in [1.54, 1.807) is 17.6 Å². The molecule has 2 aromatic rings. The number of nitrogens with zero attached hydrogens (tertiary/aromatic N) is 2. The van der Waals surface area contributed by atoms with Gasteiger partial charge in [-0.15, -0.1) is 11.3 Å². The van der Waals surface area contributed by atoms with Crippen molar-refractivity contribution in [2.75, 3.05) is 26.3 Å². The van der Waals surface area contributed by atoms with Crippen LogP contribution in [0.1, 0.15) is 34.7 Å². The molecule has 0 amide bonds. The summed E-state index contributed by atoms with van der Waals surface area (Å²) in [5, 5.41) is 7.75. The van der Waals surface area contributed by atoms with Gasteiger partial charge >= 0.3 is 0 Å². The smallest absolute Gasteiger partial charge is 0.191 e. The van der Waals surface area contributed by atoms with Crippen molar-refractivity contribution in [3.05, 3.63) is 39.7 Å². The first kappa shape index (κ1) is 19.5. The fraction of sp³-hybridized carbons (Fsp3) is 0.556. The summed E-state index contributed by atoms with van der Waals surface area (Å²) in [4.78, 5) is 10.5. The number of ether oxygens (including phenoxy) is 1. The van der Waals surface area contributed by atoms with Crippen LogP contribution in [-0.4, -0.2) is 37.2 Å². The topological polar surface area (TPSA) is 71.7 Å². The summed E-state index contributed by atoms with van der Waals surface area (Å²) >= 11 is 1.70. The third-order valence-electron chi connectivity index (χ3n) is 3.65. The van der Waals surface area contributed by atoms with Crippen LogP contribution in [0.3, 0.4) is 0 Å². The molecule has 0 unspecified atom stereocenters. The summed E-state index contributed by atoms with van der Waals surface area (Å²) < 4.78 is 10.7. The molecule has 0 saturated carbocycles. The fourth-order valence-electron chi connectivity index (χ4n) is 2.21. The Morgan fingerprint density at radius 1 is 1.32 bits per heavy atom. The second-order valence-electron chi connectivity index (χ2n) is 5.65. The van der Waals surface area contributed by atoms with Gasteiger partial charge in [-0.1, -0.05) is 0 Å². The number of thiazole rings is 1. The molecule has 25 heavy (non-hydrogen) atoms. The molecule has 0 bridgehead atoms. The predicted molar refractivity (Wildman–Crippen MR) is 102 cm³/mol. The maximum atomic E-state index is 5.37. The second-order valence-corrected chi connectivity index (χ2v) is 6.94. The Morgan fingerprint density at radius 3 is 2.84 bits per heavy atom. The van der Waals surface area contributed by atoms with Gasteiger partial charge < -0.3 is 19.8 Å². The van der Waals surface area contributed by atoms with Crippen molar-refractivity contribution in [1.82, 2.24) is 15.6 Å². The van der Waals surface area contributed by atoms with E-state index in [0.717, 1.165) is 61.6 Å². The van der Waals surface area contributed by atoms with E-state index in [4.69, 9.17) is 9.15 Å². The molecule has 0 aliphatic carbocycles. The number of aliphatic imine (C=N–C) groups is 1. The standard InChI is InChI=1S/C18H28N4O2S/c1-4-23-11-6-9-19-18(20-10-8-16-7-5-12-24-16)21-13-17-22-14(2)15(3)25-17/h5,7,12H,4,6,8-11,13H2,1-3H3,(H2,19,20,21). The number of hydrogen-bond donors (Lipinski definition) is 2. The molecule has 0 fully saturated rings. The number of nitrogens with one attached hydrogen (secondary N) is 2. The molecule has 2 rings (SSSR count). The summed E-state index contributed by atoms with van der Waals surface area (Å²) in [7, 11) is 0. The minimum Gasteiger partial charge on any atom is -0.469 e. The minimum atomic E-state index is 0.584. The highest BCUT2D eigenvalue weighted by atomic mass is 32.1. The molecule has 0 aliphatic rings. The zero-order chi connectivity index (χ0) is 17.9. The van der Waals surface area contributed by atoms with Crippen LogP contribution in [0.25, 0.3) is 0 Å². The first-order chi connectivity index (χ1) is 12.2. The van der Waals surface area contributed by atoms with Crippen molar-refractivity contribution < 1.29 is 9.15 Å². The van der Waals surface area contributed by atoms with E-state index in [2.05, 4.69) is 27.5 Å². The molecule has 2 heterocycles. The van der Waals surface area contributed by atoms with E-state index in [1.165, 1.54) is 4.88 Å². The summed E-state index contributed by atoms with van der Waals surface area (Å²) in [5.74, 6) is 1.77. The fourth-order valence-corrected chi connectivity index (χ4v) is 3.07. The van der Waals surface area contributed by atoms with Crippen LogP contribution in [0.2, 0.25) is 0 Å². The third kappa shape index (κ3) is 7.27. The van der Waals surface area contributed by atoms with E-state index in [1.807, 2.05) is 26.0 Å². The van der Waals surface area contributed by atoms with Gasteiger partial charge in [0.1, 0.15) is 10.8 Å². The molecular weight excluding hydrogens is 336 g/mol. The van der Waals surface area contributed by atoms with E-state index in [0.29, 0.717) is 6.54 Å². The number of furan rings is 1. The Kier molecular flexibility index (Phi) is 8.48. The minimum absolute atomic E-state index is 0.584. The highest BCUT2D eigenvalue weighted by Crippen LogP contribution is 2.16. The number of hydrogen-bond acceptors (Lipinski definition) is 5. The van der Waals surface area contributed by atoms with Gasteiger partial charge in [0, 0.05) is 37.6 Å². The van der Waals surface area contributed by atoms with Gasteiger partial charge in [0.2, 0.25) is 0 Å². The number of aromatic nitrogens is 1. The van der Waals surface area contributed by atoms with Crippen molar-refractivity contribution in [2.24, 2.45) is 4.99 Å². The van der Waals surface area contributed by atoms with Crippen LogP contribution < -0.4 is 10.6 Å². The normalized spacial score (nSPS) is 11.7. The monoisotopic (exact) mass is 364 g/mol. The number of aryl methyl sites for hydroxylation is 2. The summed E-state index contributed by atoms with van der Waals surface area (Å²) in [6, 6.07) is 3.89.